The zero-order valence-corrected chi connectivity index (χ0v) is 15.6. The van der Waals surface area contributed by atoms with Crippen LogP contribution in [-0.2, 0) is 4.79 Å². The van der Waals surface area contributed by atoms with Crippen molar-refractivity contribution < 1.29 is 19.6 Å². The van der Waals surface area contributed by atoms with Crippen molar-refractivity contribution in [3.8, 4) is 5.88 Å². The number of rotatable bonds is 5. The first-order valence-electron chi connectivity index (χ1n) is 8.51. The summed E-state index contributed by atoms with van der Waals surface area (Å²) in [7, 11) is 1.50. The van der Waals surface area contributed by atoms with Crippen molar-refractivity contribution in [2.45, 2.75) is 19.8 Å². The van der Waals surface area contributed by atoms with Gasteiger partial charge in [-0.3, -0.25) is 10.1 Å². The van der Waals surface area contributed by atoms with E-state index in [1.165, 1.54) is 19.2 Å². The molecule has 28 heavy (non-hydrogen) atoms. The highest BCUT2D eigenvalue weighted by molar-refractivity contribution is 5.96. The molecule has 2 N–H and O–H groups in total. The minimum absolute atomic E-state index is 0.103. The SMILES string of the molecule is COc1cccc(C2=C(C)NC(C)=C(C(=O)O)C2c2cccc([N+](=O)[O-])c2)n1. The van der Waals surface area contributed by atoms with Gasteiger partial charge < -0.3 is 15.2 Å². The number of dihydropyridines is 1. The maximum absolute atomic E-state index is 12.1. The summed E-state index contributed by atoms with van der Waals surface area (Å²) in [6, 6.07) is 11.2. The number of aromatic nitrogens is 1. The lowest BCUT2D eigenvalue weighted by Gasteiger charge is -2.30. The van der Waals surface area contributed by atoms with Crippen LogP contribution >= 0.6 is 0 Å². The normalized spacial score (nSPS) is 16.6. The first kappa shape index (κ1) is 19.1. The average Bonchev–Trinajstić information content (AvgIpc) is 2.67. The van der Waals surface area contributed by atoms with Crippen LogP contribution in [0.2, 0.25) is 0 Å². The Morgan fingerprint density at radius 1 is 1.21 bits per heavy atom. The molecular formula is C20H19N3O5. The highest BCUT2D eigenvalue weighted by Gasteiger charge is 2.35. The molecule has 2 heterocycles. The fourth-order valence-electron chi connectivity index (χ4n) is 3.45. The Morgan fingerprint density at radius 2 is 1.93 bits per heavy atom. The topological polar surface area (TPSA) is 115 Å². The second-order valence-corrected chi connectivity index (χ2v) is 6.36. The molecule has 0 amide bonds. The molecule has 1 aliphatic rings. The quantitative estimate of drug-likeness (QED) is 0.602. The van der Waals surface area contributed by atoms with Gasteiger partial charge in [0.1, 0.15) is 0 Å². The van der Waals surface area contributed by atoms with Gasteiger partial charge in [0.05, 0.1) is 23.3 Å². The number of carboxylic acid groups (broad SMARTS) is 1. The molecule has 0 radical (unpaired) electrons. The molecule has 8 heteroatoms. The number of carboxylic acids is 1. The van der Waals surface area contributed by atoms with Crippen LogP contribution in [0, 0.1) is 10.1 Å². The van der Waals surface area contributed by atoms with Gasteiger partial charge >= 0.3 is 5.97 Å². The van der Waals surface area contributed by atoms with Crippen molar-refractivity contribution in [3.05, 3.63) is 80.8 Å². The third-order valence-corrected chi connectivity index (χ3v) is 4.61. The Bertz CT molecular complexity index is 1030. The predicted octanol–water partition coefficient (Wildman–Crippen LogP) is 3.48. The van der Waals surface area contributed by atoms with Gasteiger partial charge in [-0.2, -0.15) is 0 Å². The zero-order valence-electron chi connectivity index (χ0n) is 15.6. The monoisotopic (exact) mass is 381 g/mol. The summed E-state index contributed by atoms with van der Waals surface area (Å²) >= 11 is 0. The van der Waals surface area contributed by atoms with Gasteiger partial charge in [-0.05, 0) is 25.5 Å². The average molecular weight is 381 g/mol. The van der Waals surface area contributed by atoms with Crippen molar-refractivity contribution in [2.75, 3.05) is 7.11 Å². The number of hydrogen-bond acceptors (Lipinski definition) is 6. The molecule has 2 aromatic rings. The molecule has 1 aromatic carbocycles. The van der Waals surface area contributed by atoms with Crippen LogP contribution in [0.15, 0.2) is 59.4 Å². The van der Waals surface area contributed by atoms with E-state index in [1.54, 1.807) is 37.3 Å². The number of non-ortho nitro benzene ring substituents is 1. The third kappa shape index (κ3) is 3.44. The molecule has 1 aromatic heterocycles. The van der Waals surface area contributed by atoms with Gasteiger partial charge in [-0.1, -0.05) is 18.2 Å². The van der Waals surface area contributed by atoms with Crippen LogP contribution in [0.1, 0.15) is 31.0 Å². The molecule has 0 aliphatic carbocycles. The fraction of sp³-hybridized carbons (Fsp3) is 0.200. The Hall–Kier alpha value is -3.68. The zero-order chi connectivity index (χ0) is 20.4. The summed E-state index contributed by atoms with van der Waals surface area (Å²) in [5.41, 5.74) is 2.88. The number of nitro benzene ring substituents is 1. The Morgan fingerprint density at radius 3 is 2.57 bits per heavy atom. The lowest BCUT2D eigenvalue weighted by atomic mass is 9.79. The van der Waals surface area contributed by atoms with Crippen LogP contribution in [0.3, 0.4) is 0 Å². The summed E-state index contributed by atoms with van der Waals surface area (Å²) in [5.74, 6) is -1.44. The number of pyridine rings is 1. The number of allylic oxidation sites excluding steroid dienone is 3. The van der Waals surface area contributed by atoms with E-state index >= 15 is 0 Å². The second kappa shape index (κ2) is 7.51. The van der Waals surface area contributed by atoms with Gasteiger partial charge in [0.2, 0.25) is 5.88 Å². The van der Waals surface area contributed by atoms with E-state index in [2.05, 4.69) is 10.3 Å². The number of carbonyl (C=O) groups is 1. The minimum Gasteiger partial charge on any atom is -0.481 e. The number of ether oxygens (including phenoxy) is 1. The molecule has 8 nitrogen and oxygen atoms in total. The van der Waals surface area contributed by atoms with E-state index in [-0.39, 0.29) is 11.3 Å². The number of benzene rings is 1. The van der Waals surface area contributed by atoms with Gasteiger partial charge in [-0.15, -0.1) is 0 Å². The Labute approximate surface area is 161 Å². The van der Waals surface area contributed by atoms with E-state index in [0.717, 1.165) is 5.70 Å². The number of aliphatic carboxylic acids is 1. The first-order chi connectivity index (χ1) is 13.3. The number of hydrogen-bond donors (Lipinski definition) is 2. The van der Waals surface area contributed by atoms with E-state index in [4.69, 9.17) is 4.74 Å². The molecule has 0 saturated heterocycles. The highest BCUT2D eigenvalue weighted by Crippen LogP contribution is 2.43. The molecule has 0 spiro atoms. The highest BCUT2D eigenvalue weighted by atomic mass is 16.6. The lowest BCUT2D eigenvalue weighted by Crippen LogP contribution is -2.27. The number of nitrogens with zero attached hydrogens (tertiary/aromatic N) is 2. The molecular weight excluding hydrogens is 362 g/mol. The van der Waals surface area contributed by atoms with Crippen LogP contribution in [0.5, 0.6) is 5.88 Å². The molecule has 1 unspecified atom stereocenters. The number of nitrogens with one attached hydrogen (secondary N) is 1. The Kier molecular flexibility index (Phi) is 5.12. The van der Waals surface area contributed by atoms with Crippen LogP contribution in [0.25, 0.3) is 5.57 Å². The van der Waals surface area contributed by atoms with Gasteiger partial charge in [0.25, 0.3) is 5.69 Å². The van der Waals surface area contributed by atoms with E-state index in [9.17, 15) is 20.0 Å². The minimum atomic E-state index is -1.10. The fourth-order valence-corrected chi connectivity index (χ4v) is 3.45. The maximum Gasteiger partial charge on any atom is 0.334 e. The van der Waals surface area contributed by atoms with E-state index in [1.807, 2.05) is 6.92 Å². The van der Waals surface area contributed by atoms with Gasteiger partial charge in [-0.25, -0.2) is 9.78 Å². The summed E-state index contributed by atoms with van der Waals surface area (Å²) in [6.07, 6.45) is 0. The number of nitro groups is 1. The molecule has 1 aliphatic heterocycles. The van der Waals surface area contributed by atoms with Crippen molar-refractivity contribution in [2.24, 2.45) is 0 Å². The third-order valence-electron chi connectivity index (χ3n) is 4.61. The summed E-state index contributed by atoms with van der Waals surface area (Å²) in [4.78, 5) is 27.3. The standard InChI is InChI=1S/C20H19N3O5/c1-11-17(15-8-5-9-16(22-15)28-3)19(18(20(24)25)12(2)21-11)13-6-4-7-14(10-13)23(26)27/h4-10,19,21H,1-3H3,(H,24,25). The van der Waals surface area contributed by atoms with Crippen LogP contribution in [-0.4, -0.2) is 28.1 Å². The maximum atomic E-state index is 12.1. The van der Waals surface area contributed by atoms with E-state index in [0.29, 0.717) is 28.4 Å². The molecule has 144 valence electrons. The molecule has 0 saturated carbocycles. The lowest BCUT2D eigenvalue weighted by molar-refractivity contribution is -0.384. The smallest absolute Gasteiger partial charge is 0.334 e. The largest absolute Gasteiger partial charge is 0.481 e. The van der Waals surface area contributed by atoms with Crippen molar-refractivity contribution in [1.82, 2.24) is 10.3 Å². The second-order valence-electron chi connectivity index (χ2n) is 6.36. The number of methoxy groups -OCH3 is 1. The molecule has 1 atom stereocenters. The molecule has 3 rings (SSSR count). The molecule has 0 fully saturated rings. The van der Waals surface area contributed by atoms with Crippen LogP contribution < -0.4 is 10.1 Å². The summed E-state index contributed by atoms with van der Waals surface area (Å²) < 4.78 is 5.20. The Balaban J connectivity index is 2.26. The summed E-state index contributed by atoms with van der Waals surface area (Å²) in [5, 5.41) is 24.2. The predicted molar refractivity (Wildman–Crippen MR) is 103 cm³/mol. The summed E-state index contributed by atoms with van der Waals surface area (Å²) in [6.45, 7) is 3.50. The van der Waals surface area contributed by atoms with Gasteiger partial charge in [0.15, 0.2) is 0 Å². The van der Waals surface area contributed by atoms with Crippen molar-refractivity contribution >= 4 is 17.2 Å². The molecule has 0 bridgehead atoms. The first-order valence-corrected chi connectivity index (χ1v) is 8.51. The van der Waals surface area contributed by atoms with E-state index < -0.39 is 16.8 Å². The van der Waals surface area contributed by atoms with Crippen LogP contribution in [0.4, 0.5) is 5.69 Å². The van der Waals surface area contributed by atoms with Gasteiger partial charge in [0, 0.05) is 41.1 Å². The van der Waals surface area contributed by atoms with Crippen molar-refractivity contribution in [1.29, 1.82) is 0 Å². The van der Waals surface area contributed by atoms with Crippen molar-refractivity contribution in [3.63, 3.8) is 0 Å².